The lowest BCUT2D eigenvalue weighted by atomic mass is 10.2. The number of nitrogens with zero attached hydrogens (tertiary/aromatic N) is 2. The average Bonchev–Trinajstić information content (AvgIpc) is 2.33. The molecule has 0 aliphatic heterocycles. The number of aromatic nitrogens is 1. The molecule has 0 aliphatic carbocycles. The molecule has 0 unspecified atom stereocenters. The number of pyridine rings is 1. The largest absolute Gasteiger partial charge is 0.481 e. The summed E-state index contributed by atoms with van der Waals surface area (Å²) in [5.41, 5.74) is 2.12. The highest BCUT2D eigenvalue weighted by Gasteiger charge is 2.05. The summed E-state index contributed by atoms with van der Waals surface area (Å²) in [5, 5.41) is 8.58. The van der Waals surface area contributed by atoms with Crippen molar-refractivity contribution in [3.63, 3.8) is 0 Å². The molecular weight excluding hydrogens is 228 g/mol. The normalized spacial score (nSPS) is 10.8. The van der Waals surface area contributed by atoms with Crippen LogP contribution in [-0.4, -0.2) is 34.0 Å². The van der Waals surface area contributed by atoms with Crippen molar-refractivity contribution in [1.29, 1.82) is 0 Å². The van der Waals surface area contributed by atoms with E-state index in [0.717, 1.165) is 43.9 Å². The van der Waals surface area contributed by atoms with Crippen molar-refractivity contribution in [2.24, 2.45) is 0 Å². The van der Waals surface area contributed by atoms with Gasteiger partial charge >= 0.3 is 5.97 Å². The van der Waals surface area contributed by atoms with Gasteiger partial charge in [0.05, 0.1) is 5.69 Å². The molecule has 0 bridgehead atoms. The minimum Gasteiger partial charge on any atom is -0.481 e. The summed E-state index contributed by atoms with van der Waals surface area (Å²) in [7, 11) is 0. The molecule has 1 aromatic rings. The summed E-state index contributed by atoms with van der Waals surface area (Å²) in [6.07, 6.45) is 1.93. The van der Waals surface area contributed by atoms with Crippen LogP contribution in [0.4, 0.5) is 0 Å². The fraction of sp³-hybridized carbons (Fsp3) is 0.571. The van der Waals surface area contributed by atoms with E-state index < -0.39 is 5.97 Å². The standard InChI is InChI=1S/C14H22N2O2/c1-3-16(10-5-4-9-14(17)18)11-13-8-6-7-12(2)15-13/h6-8H,3-5,9-11H2,1-2H3,(H,17,18). The van der Waals surface area contributed by atoms with Crippen LogP contribution in [0.1, 0.15) is 37.6 Å². The van der Waals surface area contributed by atoms with Crippen molar-refractivity contribution in [1.82, 2.24) is 9.88 Å². The summed E-state index contributed by atoms with van der Waals surface area (Å²) in [4.78, 5) is 17.2. The Kier molecular flexibility index (Phi) is 6.36. The van der Waals surface area contributed by atoms with Gasteiger partial charge in [-0.2, -0.15) is 0 Å². The second kappa shape index (κ2) is 7.82. The number of aryl methyl sites for hydroxylation is 1. The molecule has 0 atom stereocenters. The third-order valence-corrected chi connectivity index (χ3v) is 2.89. The van der Waals surface area contributed by atoms with Gasteiger partial charge in [-0.1, -0.05) is 13.0 Å². The lowest BCUT2D eigenvalue weighted by Crippen LogP contribution is -2.24. The Morgan fingerprint density at radius 3 is 2.78 bits per heavy atom. The van der Waals surface area contributed by atoms with Crippen LogP contribution >= 0.6 is 0 Å². The molecule has 0 fully saturated rings. The fourth-order valence-electron chi connectivity index (χ4n) is 1.88. The predicted octanol–water partition coefficient (Wildman–Crippen LogP) is 2.47. The summed E-state index contributed by atoms with van der Waals surface area (Å²) in [6.45, 7) is 6.84. The first kappa shape index (κ1) is 14.6. The monoisotopic (exact) mass is 250 g/mol. The van der Waals surface area contributed by atoms with E-state index in [0.29, 0.717) is 0 Å². The fourth-order valence-corrected chi connectivity index (χ4v) is 1.88. The van der Waals surface area contributed by atoms with Gasteiger partial charge in [-0.15, -0.1) is 0 Å². The summed E-state index contributed by atoms with van der Waals surface area (Å²) in [5.74, 6) is -0.710. The first-order valence-electron chi connectivity index (χ1n) is 6.48. The number of unbranched alkanes of at least 4 members (excludes halogenated alkanes) is 1. The van der Waals surface area contributed by atoms with Gasteiger partial charge in [0, 0.05) is 18.7 Å². The maximum atomic E-state index is 10.4. The molecule has 1 rings (SSSR count). The topological polar surface area (TPSA) is 53.4 Å². The lowest BCUT2D eigenvalue weighted by Gasteiger charge is -2.19. The van der Waals surface area contributed by atoms with Crippen LogP contribution in [0, 0.1) is 6.92 Å². The summed E-state index contributed by atoms with van der Waals surface area (Å²) in [6, 6.07) is 6.05. The number of hydrogen-bond donors (Lipinski definition) is 1. The molecule has 1 N–H and O–H groups in total. The zero-order valence-corrected chi connectivity index (χ0v) is 11.2. The number of carboxylic acid groups (broad SMARTS) is 1. The average molecular weight is 250 g/mol. The van der Waals surface area contributed by atoms with Gasteiger partial charge in [-0.25, -0.2) is 0 Å². The Morgan fingerprint density at radius 2 is 2.17 bits per heavy atom. The van der Waals surface area contributed by atoms with Crippen molar-refractivity contribution < 1.29 is 9.90 Å². The van der Waals surface area contributed by atoms with Crippen LogP contribution in [0.25, 0.3) is 0 Å². The smallest absolute Gasteiger partial charge is 0.303 e. The quantitative estimate of drug-likeness (QED) is 0.720. The molecule has 1 aromatic heterocycles. The minimum atomic E-state index is -0.710. The van der Waals surface area contributed by atoms with Crippen LogP contribution in [0.3, 0.4) is 0 Å². The number of rotatable bonds is 8. The van der Waals surface area contributed by atoms with Gasteiger partial charge in [0.25, 0.3) is 0 Å². The predicted molar refractivity (Wildman–Crippen MR) is 71.4 cm³/mol. The second-order valence-corrected chi connectivity index (χ2v) is 4.49. The molecule has 100 valence electrons. The molecule has 0 aliphatic rings. The Balaban J connectivity index is 2.35. The van der Waals surface area contributed by atoms with Crippen molar-refractivity contribution in [2.75, 3.05) is 13.1 Å². The zero-order valence-electron chi connectivity index (χ0n) is 11.2. The highest BCUT2D eigenvalue weighted by Crippen LogP contribution is 2.05. The first-order chi connectivity index (χ1) is 8.61. The third kappa shape index (κ3) is 5.77. The van der Waals surface area contributed by atoms with Gasteiger partial charge in [0.1, 0.15) is 0 Å². The van der Waals surface area contributed by atoms with Crippen molar-refractivity contribution in [3.05, 3.63) is 29.6 Å². The number of carbonyl (C=O) groups is 1. The Bertz CT molecular complexity index is 380. The first-order valence-corrected chi connectivity index (χ1v) is 6.48. The molecule has 1 heterocycles. The van der Waals surface area contributed by atoms with Gasteiger partial charge < -0.3 is 5.11 Å². The van der Waals surface area contributed by atoms with E-state index in [1.165, 1.54) is 0 Å². The molecule has 4 nitrogen and oxygen atoms in total. The van der Waals surface area contributed by atoms with Gasteiger partial charge in [0.2, 0.25) is 0 Å². The molecule has 0 saturated carbocycles. The van der Waals surface area contributed by atoms with Crippen LogP contribution in [0.5, 0.6) is 0 Å². The van der Waals surface area contributed by atoms with E-state index in [-0.39, 0.29) is 6.42 Å². The van der Waals surface area contributed by atoms with E-state index in [4.69, 9.17) is 5.11 Å². The van der Waals surface area contributed by atoms with Gasteiger partial charge in [-0.3, -0.25) is 14.7 Å². The maximum Gasteiger partial charge on any atom is 0.303 e. The highest BCUT2D eigenvalue weighted by atomic mass is 16.4. The Hall–Kier alpha value is -1.42. The van der Waals surface area contributed by atoms with E-state index in [9.17, 15) is 4.79 Å². The minimum absolute atomic E-state index is 0.264. The van der Waals surface area contributed by atoms with E-state index in [1.807, 2.05) is 25.1 Å². The highest BCUT2D eigenvalue weighted by molar-refractivity contribution is 5.66. The van der Waals surface area contributed by atoms with Gasteiger partial charge in [0.15, 0.2) is 0 Å². The number of hydrogen-bond acceptors (Lipinski definition) is 3. The Labute approximate surface area is 109 Å². The van der Waals surface area contributed by atoms with E-state index in [2.05, 4.69) is 16.8 Å². The molecular formula is C14H22N2O2. The van der Waals surface area contributed by atoms with Crippen LogP contribution in [-0.2, 0) is 11.3 Å². The third-order valence-electron chi connectivity index (χ3n) is 2.89. The molecule has 0 aromatic carbocycles. The molecule has 0 saturated heterocycles. The van der Waals surface area contributed by atoms with Crippen molar-refractivity contribution in [2.45, 2.75) is 39.7 Å². The van der Waals surface area contributed by atoms with E-state index >= 15 is 0 Å². The summed E-state index contributed by atoms with van der Waals surface area (Å²) >= 11 is 0. The number of aliphatic carboxylic acids is 1. The molecule has 0 spiro atoms. The molecule has 4 heteroatoms. The molecule has 18 heavy (non-hydrogen) atoms. The van der Waals surface area contributed by atoms with Crippen LogP contribution in [0.15, 0.2) is 18.2 Å². The SMILES string of the molecule is CCN(CCCCC(=O)O)Cc1cccc(C)n1. The summed E-state index contributed by atoms with van der Waals surface area (Å²) < 4.78 is 0. The lowest BCUT2D eigenvalue weighted by molar-refractivity contribution is -0.137. The van der Waals surface area contributed by atoms with Crippen LogP contribution < -0.4 is 0 Å². The Morgan fingerprint density at radius 1 is 1.39 bits per heavy atom. The second-order valence-electron chi connectivity index (χ2n) is 4.49. The van der Waals surface area contributed by atoms with E-state index in [1.54, 1.807) is 0 Å². The maximum absolute atomic E-state index is 10.4. The van der Waals surface area contributed by atoms with Gasteiger partial charge in [-0.05, 0) is 45.0 Å². The van der Waals surface area contributed by atoms with Crippen LogP contribution in [0.2, 0.25) is 0 Å². The number of carboxylic acids is 1. The van der Waals surface area contributed by atoms with Crippen molar-refractivity contribution in [3.8, 4) is 0 Å². The molecule has 0 radical (unpaired) electrons. The van der Waals surface area contributed by atoms with Crippen molar-refractivity contribution >= 4 is 5.97 Å². The molecule has 0 amide bonds. The zero-order chi connectivity index (χ0) is 13.4.